The van der Waals surface area contributed by atoms with Crippen LogP contribution in [0.3, 0.4) is 0 Å². The van der Waals surface area contributed by atoms with Crippen LogP contribution >= 0.6 is 0 Å². The molecule has 1 fully saturated rings. The second-order valence-electron chi connectivity index (χ2n) is 7.53. The lowest BCUT2D eigenvalue weighted by atomic mass is 10.0. The molecule has 0 bridgehead atoms. The maximum absolute atomic E-state index is 14.4. The summed E-state index contributed by atoms with van der Waals surface area (Å²) in [5.41, 5.74) is -0.517. The van der Waals surface area contributed by atoms with Crippen LogP contribution in [-0.2, 0) is 14.4 Å². The number of amides is 5. The smallest absolute Gasteiger partial charge is 0.384 e. The number of carbonyl (C=O) groups is 5. The maximum Gasteiger partial charge on any atom is 0.471 e. The van der Waals surface area contributed by atoms with Crippen molar-refractivity contribution in [2.24, 2.45) is 0 Å². The summed E-state index contributed by atoms with van der Waals surface area (Å²) in [4.78, 5) is 60.5. The zero-order chi connectivity index (χ0) is 24.3. The molecule has 5 amide bonds. The maximum atomic E-state index is 14.4. The van der Waals surface area contributed by atoms with Gasteiger partial charge in [0.1, 0.15) is 11.9 Å². The summed E-state index contributed by atoms with van der Waals surface area (Å²) in [6.07, 6.45) is -3.88. The summed E-state index contributed by atoms with van der Waals surface area (Å²) in [5.74, 6) is -6.10. The molecule has 1 aromatic rings. The van der Waals surface area contributed by atoms with Crippen molar-refractivity contribution in [3.05, 3.63) is 29.1 Å². The molecule has 2 aliphatic heterocycles. The van der Waals surface area contributed by atoms with Gasteiger partial charge in [-0.1, -0.05) is 0 Å². The van der Waals surface area contributed by atoms with Crippen LogP contribution < -0.4 is 16.0 Å². The van der Waals surface area contributed by atoms with Crippen molar-refractivity contribution in [3.8, 4) is 0 Å². The van der Waals surface area contributed by atoms with Crippen LogP contribution in [0.2, 0.25) is 0 Å². The van der Waals surface area contributed by atoms with Crippen molar-refractivity contribution < 1.29 is 41.5 Å². The van der Waals surface area contributed by atoms with E-state index in [2.05, 4.69) is 10.6 Å². The van der Waals surface area contributed by atoms with Gasteiger partial charge in [-0.15, -0.1) is 0 Å². The summed E-state index contributed by atoms with van der Waals surface area (Å²) in [6, 6.07) is 1.05. The van der Waals surface area contributed by atoms with Crippen LogP contribution in [0.4, 0.5) is 23.2 Å². The highest BCUT2D eigenvalue weighted by Crippen LogP contribution is 2.34. The summed E-state index contributed by atoms with van der Waals surface area (Å²) < 4.78 is 50.7. The van der Waals surface area contributed by atoms with Crippen LogP contribution in [0.5, 0.6) is 0 Å². The Morgan fingerprint density at radius 1 is 1.03 bits per heavy atom. The van der Waals surface area contributed by atoms with Gasteiger partial charge < -0.3 is 10.6 Å². The lowest BCUT2D eigenvalue weighted by Gasteiger charge is -2.27. The molecule has 3 rings (SSSR count). The lowest BCUT2D eigenvalue weighted by molar-refractivity contribution is -0.173. The molecule has 0 radical (unpaired) electrons. The quantitative estimate of drug-likeness (QED) is 0.299. The number of hydrogen-bond acceptors (Lipinski definition) is 6. The van der Waals surface area contributed by atoms with Crippen molar-refractivity contribution in [1.29, 1.82) is 0 Å². The summed E-state index contributed by atoms with van der Waals surface area (Å²) in [7, 11) is 0. The van der Waals surface area contributed by atoms with Crippen molar-refractivity contribution >= 4 is 35.2 Å². The number of alkyl halides is 3. The van der Waals surface area contributed by atoms with Gasteiger partial charge in [0, 0.05) is 25.2 Å². The first kappa shape index (κ1) is 24.1. The van der Waals surface area contributed by atoms with Crippen LogP contribution in [0.1, 0.15) is 52.8 Å². The fraction of sp³-hybridized carbons (Fsp3) is 0.450. The van der Waals surface area contributed by atoms with Crippen LogP contribution in [0.25, 0.3) is 0 Å². The minimum atomic E-state index is -4.93. The van der Waals surface area contributed by atoms with Gasteiger partial charge >= 0.3 is 12.1 Å². The number of piperidine rings is 1. The number of fused-ring (bicyclic) bond motifs is 1. The molecule has 178 valence electrons. The van der Waals surface area contributed by atoms with Crippen LogP contribution in [-0.4, -0.2) is 59.7 Å². The summed E-state index contributed by atoms with van der Waals surface area (Å²) >= 11 is 0. The Hall–Kier alpha value is -3.51. The molecule has 0 aromatic heterocycles. The van der Waals surface area contributed by atoms with Gasteiger partial charge in [-0.05, 0) is 37.8 Å². The second kappa shape index (κ2) is 9.55. The van der Waals surface area contributed by atoms with Gasteiger partial charge in [0.2, 0.25) is 11.8 Å². The van der Waals surface area contributed by atoms with Crippen molar-refractivity contribution in [2.45, 2.75) is 44.3 Å². The highest BCUT2D eigenvalue weighted by molar-refractivity contribution is 6.25. The number of benzene rings is 1. The Kier molecular flexibility index (Phi) is 6.98. The predicted octanol–water partition coefficient (Wildman–Crippen LogP) is 1.49. The standard InChI is InChI=1S/C20H20F4N4O5/c21-10-4-5-11(25-8-2-1-3-9-26-19(33)20(22,23)24)15-14(10)17(31)28(18(15)32)12-6-7-13(29)27-16(12)30/h4-5,12,25H,1-3,6-9H2,(H,26,33)(H,27,29,30). The lowest BCUT2D eigenvalue weighted by Crippen LogP contribution is -2.54. The number of unbranched alkanes of at least 4 members (excludes halogenated alkanes) is 2. The molecule has 13 heteroatoms. The van der Waals surface area contributed by atoms with Crippen LogP contribution in [0.15, 0.2) is 12.1 Å². The Balaban J connectivity index is 1.60. The normalized spacial score (nSPS) is 18.3. The fourth-order valence-electron chi connectivity index (χ4n) is 3.65. The van der Waals surface area contributed by atoms with Gasteiger partial charge in [-0.2, -0.15) is 13.2 Å². The number of nitrogens with one attached hydrogen (secondary N) is 3. The first-order chi connectivity index (χ1) is 15.5. The first-order valence-electron chi connectivity index (χ1n) is 10.2. The monoisotopic (exact) mass is 472 g/mol. The van der Waals surface area contributed by atoms with Gasteiger partial charge in [-0.3, -0.25) is 34.2 Å². The average Bonchev–Trinajstić information content (AvgIpc) is 2.99. The highest BCUT2D eigenvalue weighted by Gasteiger charge is 2.47. The molecule has 0 spiro atoms. The number of rotatable bonds is 8. The minimum absolute atomic E-state index is 0.0641. The van der Waals surface area contributed by atoms with E-state index in [0.29, 0.717) is 17.7 Å². The molecule has 9 nitrogen and oxygen atoms in total. The van der Waals surface area contributed by atoms with E-state index >= 15 is 0 Å². The number of halogens is 4. The van der Waals surface area contributed by atoms with Gasteiger partial charge in [0.25, 0.3) is 11.8 Å². The van der Waals surface area contributed by atoms with Crippen molar-refractivity contribution in [2.75, 3.05) is 18.4 Å². The average molecular weight is 472 g/mol. The minimum Gasteiger partial charge on any atom is -0.384 e. The summed E-state index contributed by atoms with van der Waals surface area (Å²) in [6.45, 7) is 0.101. The molecule has 1 atom stereocenters. The molecule has 1 unspecified atom stereocenters. The molecule has 2 aliphatic rings. The third-order valence-electron chi connectivity index (χ3n) is 5.25. The Morgan fingerprint density at radius 3 is 2.36 bits per heavy atom. The number of anilines is 1. The molecular formula is C20H20F4N4O5. The molecule has 3 N–H and O–H groups in total. The van der Waals surface area contributed by atoms with E-state index in [-0.39, 0.29) is 43.6 Å². The van der Waals surface area contributed by atoms with E-state index in [9.17, 15) is 41.5 Å². The number of nitrogens with zero attached hydrogens (tertiary/aromatic N) is 1. The van der Waals surface area contributed by atoms with Crippen LogP contribution in [0, 0.1) is 5.82 Å². The van der Waals surface area contributed by atoms with Crippen molar-refractivity contribution in [3.63, 3.8) is 0 Å². The third-order valence-corrected chi connectivity index (χ3v) is 5.25. The molecule has 2 heterocycles. The molecule has 0 saturated carbocycles. The molecule has 0 aliphatic carbocycles. The molecule has 1 saturated heterocycles. The Morgan fingerprint density at radius 2 is 1.70 bits per heavy atom. The van der Waals surface area contributed by atoms with E-state index in [1.807, 2.05) is 0 Å². The molecule has 1 aromatic carbocycles. The largest absolute Gasteiger partial charge is 0.471 e. The van der Waals surface area contributed by atoms with Gasteiger partial charge in [0.15, 0.2) is 0 Å². The summed E-state index contributed by atoms with van der Waals surface area (Å²) in [5, 5.41) is 6.71. The zero-order valence-electron chi connectivity index (χ0n) is 17.2. The first-order valence-corrected chi connectivity index (χ1v) is 10.2. The second-order valence-corrected chi connectivity index (χ2v) is 7.53. The fourth-order valence-corrected chi connectivity index (χ4v) is 3.65. The number of carbonyl (C=O) groups excluding carboxylic acids is 5. The Bertz CT molecular complexity index is 1010. The SMILES string of the molecule is O=C1CCC(N2C(=O)c3c(F)ccc(NCCCCCNC(=O)C(F)(F)F)c3C2=O)C(=O)N1. The van der Waals surface area contributed by atoms with Crippen molar-refractivity contribution in [1.82, 2.24) is 15.5 Å². The van der Waals surface area contributed by atoms with E-state index in [1.165, 1.54) is 6.07 Å². The molecular weight excluding hydrogens is 452 g/mol. The number of hydrogen-bond donors (Lipinski definition) is 3. The van der Waals surface area contributed by atoms with Gasteiger partial charge in [0.05, 0.1) is 11.1 Å². The molecule has 33 heavy (non-hydrogen) atoms. The van der Waals surface area contributed by atoms with E-state index in [1.54, 1.807) is 5.32 Å². The zero-order valence-corrected chi connectivity index (χ0v) is 17.2. The Labute approximate surface area is 184 Å². The number of imide groups is 2. The topological polar surface area (TPSA) is 125 Å². The van der Waals surface area contributed by atoms with Gasteiger partial charge in [-0.25, -0.2) is 4.39 Å². The van der Waals surface area contributed by atoms with E-state index < -0.39 is 53.1 Å². The third kappa shape index (κ3) is 5.12. The van der Waals surface area contributed by atoms with E-state index in [4.69, 9.17) is 0 Å². The van der Waals surface area contributed by atoms with E-state index in [0.717, 1.165) is 6.07 Å². The highest BCUT2D eigenvalue weighted by atomic mass is 19.4. The predicted molar refractivity (Wildman–Crippen MR) is 104 cm³/mol.